The Hall–Kier alpha value is -1.02. The molecule has 0 radical (unpaired) electrons. The normalized spacial score (nSPS) is 22.4. The molecule has 86 valence electrons. The number of para-hydroxylation sites is 1. The summed E-state index contributed by atoms with van der Waals surface area (Å²) in [6.45, 7) is 2.35. The van der Waals surface area contributed by atoms with Crippen molar-refractivity contribution in [1.82, 2.24) is 0 Å². The lowest BCUT2D eigenvalue weighted by Gasteiger charge is -2.22. The molecule has 3 rings (SSSR count). The zero-order chi connectivity index (χ0) is 11.0. The fourth-order valence-electron chi connectivity index (χ4n) is 2.60. The topological polar surface area (TPSA) is 23.5 Å². The molecule has 16 heavy (non-hydrogen) atoms. The van der Waals surface area contributed by atoms with Gasteiger partial charge in [0.25, 0.3) is 0 Å². The summed E-state index contributed by atoms with van der Waals surface area (Å²) in [5, 5.41) is 10.0. The van der Waals surface area contributed by atoms with Crippen LogP contribution in [0.4, 0.5) is 5.69 Å². The molecule has 1 aliphatic heterocycles. The highest BCUT2D eigenvalue weighted by molar-refractivity contribution is 5.55. The van der Waals surface area contributed by atoms with Crippen molar-refractivity contribution in [3.05, 3.63) is 29.8 Å². The Labute approximate surface area is 96.9 Å². The summed E-state index contributed by atoms with van der Waals surface area (Å²) in [6.07, 6.45) is 5.39. The maximum Gasteiger partial charge on any atom is 0.0690 e. The van der Waals surface area contributed by atoms with Crippen LogP contribution in [0.1, 0.15) is 31.2 Å². The van der Waals surface area contributed by atoms with Gasteiger partial charge >= 0.3 is 0 Å². The third kappa shape index (κ3) is 1.94. The molecule has 0 spiro atoms. The molecule has 0 bridgehead atoms. The Balaban J connectivity index is 1.85. The van der Waals surface area contributed by atoms with E-state index >= 15 is 0 Å². The predicted molar refractivity (Wildman–Crippen MR) is 65.8 cm³/mol. The van der Waals surface area contributed by atoms with Crippen LogP contribution in [0.15, 0.2) is 24.3 Å². The van der Waals surface area contributed by atoms with Gasteiger partial charge < -0.3 is 10.0 Å². The van der Waals surface area contributed by atoms with Crippen LogP contribution in [0.5, 0.6) is 0 Å². The number of aliphatic hydroxyl groups is 1. The van der Waals surface area contributed by atoms with E-state index in [-0.39, 0.29) is 5.60 Å². The molecule has 1 aromatic carbocycles. The largest absolute Gasteiger partial charge is 0.390 e. The van der Waals surface area contributed by atoms with Gasteiger partial charge in [-0.2, -0.15) is 0 Å². The van der Waals surface area contributed by atoms with E-state index in [0.717, 1.165) is 19.3 Å². The Morgan fingerprint density at radius 3 is 2.50 bits per heavy atom. The van der Waals surface area contributed by atoms with Gasteiger partial charge in [-0.15, -0.1) is 0 Å². The van der Waals surface area contributed by atoms with Gasteiger partial charge in [0.1, 0.15) is 0 Å². The maximum atomic E-state index is 10.0. The molecule has 1 aromatic rings. The lowest BCUT2D eigenvalue weighted by molar-refractivity contribution is 0.151. The molecule has 1 aliphatic carbocycles. The molecule has 1 saturated carbocycles. The summed E-state index contributed by atoms with van der Waals surface area (Å²) >= 11 is 0. The number of anilines is 1. The second-order valence-electron chi connectivity index (χ2n) is 5.22. The highest BCUT2D eigenvalue weighted by Gasteiger charge is 2.40. The third-order valence-corrected chi connectivity index (χ3v) is 3.79. The van der Waals surface area contributed by atoms with Crippen molar-refractivity contribution in [2.75, 3.05) is 18.0 Å². The minimum atomic E-state index is -0.379. The van der Waals surface area contributed by atoms with Crippen molar-refractivity contribution < 1.29 is 5.11 Å². The monoisotopic (exact) mass is 217 g/mol. The van der Waals surface area contributed by atoms with Crippen LogP contribution < -0.4 is 4.90 Å². The first-order chi connectivity index (χ1) is 7.77. The van der Waals surface area contributed by atoms with Crippen LogP contribution >= 0.6 is 0 Å². The fourth-order valence-corrected chi connectivity index (χ4v) is 2.60. The molecule has 2 aliphatic rings. The summed E-state index contributed by atoms with van der Waals surface area (Å²) < 4.78 is 0. The minimum absolute atomic E-state index is 0.379. The van der Waals surface area contributed by atoms with Gasteiger partial charge in [0.2, 0.25) is 0 Å². The van der Waals surface area contributed by atoms with E-state index < -0.39 is 0 Å². The quantitative estimate of drug-likeness (QED) is 0.840. The van der Waals surface area contributed by atoms with Crippen molar-refractivity contribution in [3.63, 3.8) is 0 Å². The highest BCUT2D eigenvalue weighted by Crippen LogP contribution is 2.40. The molecule has 1 heterocycles. The van der Waals surface area contributed by atoms with Gasteiger partial charge in [0, 0.05) is 25.2 Å². The number of nitrogens with zero attached hydrogens (tertiary/aromatic N) is 1. The summed E-state index contributed by atoms with van der Waals surface area (Å²) in [5.74, 6) is 0. The van der Waals surface area contributed by atoms with Crippen molar-refractivity contribution >= 4 is 5.69 Å². The van der Waals surface area contributed by atoms with Gasteiger partial charge in [-0.3, -0.25) is 0 Å². The average molecular weight is 217 g/mol. The van der Waals surface area contributed by atoms with Crippen LogP contribution in [-0.4, -0.2) is 23.8 Å². The van der Waals surface area contributed by atoms with Crippen LogP contribution in [0, 0.1) is 0 Å². The van der Waals surface area contributed by atoms with Gasteiger partial charge in [0.15, 0.2) is 0 Å². The Morgan fingerprint density at radius 1 is 1.12 bits per heavy atom. The average Bonchev–Trinajstić information content (AvgIpc) is 2.83. The molecule has 1 saturated heterocycles. The van der Waals surface area contributed by atoms with E-state index in [9.17, 15) is 5.11 Å². The molecule has 0 unspecified atom stereocenters. The maximum absolute atomic E-state index is 10.0. The first-order valence-electron chi connectivity index (χ1n) is 6.32. The van der Waals surface area contributed by atoms with Crippen molar-refractivity contribution in [3.8, 4) is 0 Å². The van der Waals surface area contributed by atoms with E-state index in [4.69, 9.17) is 0 Å². The smallest absolute Gasteiger partial charge is 0.0690 e. The second kappa shape index (κ2) is 3.77. The zero-order valence-corrected chi connectivity index (χ0v) is 9.65. The zero-order valence-electron chi connectivity index (χ0n) is 9.65. The van der Waals surface area contributed by atoms with Gasteiger partial charge in [0.05, 0.1) is 5.60 Å². The van der Waals surface area contributed by atoms with Crippen molar-refractivity contribution in [1.29, 1.82) is 0 Å². The first-order valence-corrected chi connectivity index (χ1v) is 6.32. The Bertz CT molecular complexity index is 378. The molecule has 2 heteroatoms. The SMILES string of the molecule is OC1(Cc2ccccc2N2CCCC2)CC1. The van der Waals surface area contributed by atoms with E-state index in [1.54, 1.807) is 0 Å². The van der Waals surface area contributed by atoms with E-state index in [1.165, 1.54) is 37.2 Å². The lowest BCUT2D eigenvalue weighted by Crippen LogP contribution is -2.21. The summed E-state index contributed by atoms with van der Waals surface area (Å²) in [4.78, 5) is 2.46. The molecule has 2 nitrogen and oxygen atoms in total. The second-order valence-corrected chi connectivity index (χ2v) is 5.22. The molecule has 0 atom stereocenters. The number of hydrogen-bond acceptors (Lipinski definition) is 2. The molecular formula is C14H19NO. The van der Waals surface area contributed by atoms with E-state index in [0.29, 0.717) is 0 Å². The highest BCUT2D eigenvalue weighted by atomic mass is 16.3. The lowest BCUT2D eigenvalue weighted by atomic mass is 10.0. The summed E-state index contributed by atoms with van der Waals surface area (Å²) in [7, 11) is 0. The predicted octanol–water partition coefficient (Wildman–Crippen LogP) is 2.35. The first kappa shape index (κ1) is 10.2. The Kier molecular flexibility index (Phi) is 2.40. The summed E-state index contributed by atoms with van der Waals surface area (Å²) in [5.41, 5.74) is 2.29. The van der Waals surface area contributed by atoms with Gasteiger partial charge in [-0.1, -0.05) is 18.2 Å². The number of hydrogen-bond donors (Lipinski definition) is 1. The van der Waals surface area contributed by atoms with Gasteiger partial charge in [-0.25, -0.2) is 0 Å². The number of rotatable bonds is 3. The molecule has 0 amide bonds. The van der Waals surface area contributed by atoms with Crippen LogP contribution in [0.25, 0.3) is 0 Å². The van der Waals surface area contributed by atoms with Crippen LogP contribution in [-0.2, 0) is 6.42 Å². The number of benzene rings is 1. The fraction of sp³-hybridized carbons (Fsp3) is 0.571. The van der Waals surface area contributed by atoms with E-state index in [1.807, 2.05) is 0 Å². The summed E-state index contributed by atoms with van der Waals surface area (Å²) in [6, 6.07) is 8.56. The molecule has 0 aromatic heterocycles. The minimum Gasteiger partial charge on any atom is -0.390 e. The van der Waals surface area contributed by atoms with E-state index in [2.05, 4.69) is 29.2 Å². The van der Waals surface area contributed by atoms with Crippen molar-refractivity contribution in [2.45, 2.75) is 37.7 Å². The van der Waals surface area contributed by atoms with Crippen LogP contribution in [0.2, 0.25) is 0 Å². The van der Waals surface area contributed by atoms with Crippen molar-refractivity contribution in [2.24, 2.45) is 0 Å². The van der Waals surface area contributed by atoms with Crippen LogP contribution in [0.3, 0.4) is 0 Å². The molecule has 1 N–H and O–H groups in total. The standard InChI is InChI=1S/C14H19NO/c16-14(7-8-14)11-12-5-1-2-6-13(12)15-9-3-4-10-15/h1-2,5-6,16H,3-4,7-11H2. The third-order valence-electron chi connectivity index (χ3n) is 3.79. The molecular weight excluding hydrogens is 198 g/mol. The van der Waals surface area contributed by atoms with Gasteiger partial charge in [-0.05, 0) is 37.3 Å². The molecule has 2 fully saturated rings. The Morgan fingerprint density at radius 2 is 1.81 bits per heavy atom.